The Labute approximate surface area is 81.8 Å². The minimum atomic E-state index is -0.304. The zero-order valence-corrected chi connectivity index (χ0v) is 9.03. The summed E-state index contributed by atoms with van der Waals surface area (Å²) in [7, 11) is 0. The largest absolute Gasteiger partial charge is 0.434 e. The van der Waals surface area contributed by atoms with Gasteiger partial charge in [0.2, 0.25) is 0 Å². The van der Waals surface area contributed by atoms with E-state index in [-0.39, 0.29) is 43.9 Å². The van der Waals surface area contributed by atoms with E-state index >= 15 is 0 Å². The first-order valence-corrected chi connectivity index (χ1v) is 2.56. The molecule has 0 unspecified atom stereocenters. The Morgan fingerprint density at radius 3 is 1.78 bits per heavy atom. The van der Waals surface area contributed by atoms with Crippen molar-refractivity contribution in [3.05, 3.63) is 12.7 Å². The average molecular weight is 200 g/mol. The molecule has 0 aromatic heterocycles. The second-order valence-electron chi connectivity index (χ2n) is 2.76. The molecule has 0 heterocycles. The second kappa shape index (κ2) is 4.35. The summed E-state index contributed by atoms with van der Waals surface area (Å²) >= 11 is 0. The van der Waals surface area contributed by atoms with Crippen LogP contribution in [0, 0.1) is 11.5 Å². The average Bonchev–Trinajstić information content (AvgIpc) is 1.62. The number of ketones is 1. The smallest absolute Gasteiger partial charge is 0 e. The zero-order chi connectivity index (χ0) is 6.78. The topological polar surface area (TPSA) is 17.1 Å². The Bertz CT molecular complexity index is 111. The number of carbonyl (C=O) groups is 1. The van der Waals surface area contributed by atoms with Crippen molar-refractivity contribution in [3.63, 3.8) is 0 Å². The van der Waals surface area contributed by atoms with Gasteiger partial charge < -0.3 is 10.9 Å². The van der Waals surface area contributed by atoms with Crippen LogP contribution in [-0.4, -0.2) is 5.78 Å². The van der Waals surface area contributed by atoms with Crippen LogP contribution in [0.25, 0.3) is 0 Å². The van der Waals surface area contributed by atoms with Crippen molar-refractivity contribution < 1.29 is 37.5 Å². The van der Waals surface area contributed by atoms with Gasteiger partial charge in [-0.2, -0.15) is 0 Å². The molecule has 0 saturated heterocycles. The van der Waals surface area contributed by atoms with E-state index in [0.29, 0.717) is 0 Å². The zero-order valence-electron chi connectivity index (χ0n) is 6.19. The summed E-state index contributed by atoms with van der Waals surface area (Å²) < 4.78 is 0. The van der Waals surface area contributed by atoms with E-state index in [4.69, 9.17) is 0 Å². The fourth-order valence-corrected chi connectivity index (χ4v) is 0.265. The quantitative estimate of drug-likeness (QED) is 0.464. The molecule has 0 bridgehead atoms. The number of hydrogen-bond acceptors (Lipinski definition) is 1. The van der Waals surface area contributed by atoms with Crippen molar-refractivity contribution >= 4 is 5.78 Å². The fraction of sp³-hybridized carbons (Fsp3) is 0.571. The molecule has 0 aliphatic heterocycles. The van der Waals surface area contributed by atoms with Gasteiger partial charge in [-0.25, -0.2) is 0 Å². The molecule has 0 atom stereocenters. The standard InChI is InChI=1S/C7H11O.Y/c1-5-6(8)7(2,3)4;/h1H2,2-4H3;/q-1;. The molecule has 1 nitrogen and oxygen atoms in total. The maximum Gasteiger partial charge on any atom is 0 e. The summed E-state index contributed by atoms with van der Waals surface area (Å²) in [6.45, 7) is 8.77. The third-order valence-electron chi connectivity index (χ3n) is 0.842. The van der Waals surface area contributed by atoms with Gasteiger partial charge in [0, 0.05) is 32.7 Å². The molecule has 0 N–H and O–H groups in total. The molecule has 2 heteroatoms. The van der Waals surface area contributed by atoms with Crippen LogP contribution < -0.4 is 0 Å². The van der Waals surface area contributed by atoms with E-state index < -0.39 is 0 Å². The van der Waals surface area contributed by atoms with E-state index in [0.717, 1.165) is 0 Å². The molecule has 0 rings (SSSR count). The first kappa shape index (κ1) is 12.2. The Kier molecular flexibility index (Phi) is 5.90. The molecule has 9 heavy (non-hydrogen) atoms. The Morgan fingerprint density at radius 1 is 1.44 bits per heavy atom. The first-order valence-electron chi connectivity index (χ1n) is 2.56. The summed E-state index contributed by atoms with van der Waals surface area (Å²) in [6.07, 6.45) is 2.32. The van der Waals surface area contributed by atoms with Crippen molar-refractivity contribution in [2.45, 2.75) is 20.8 Å². The van der Waals surface area contributed by atoms with E-state index in [1.807, 2.05) is 20.8 Å². The molecule has 0 saturated carbocycles. The molecule has 0 aliphatic rings. The van der Waals surface area contributed by atoms with Crippen LogP contribution in [-0.2, 0) is 37.5 Å². The number of hydrogen-bond donors (Lipinski definition) is 0. The summed E-state index contributed by atoms with van der Waals surface area (Å²) in [4.78, 5) is 10.7. The molecule has 0 aliphatic carbocycles. The maximum atomic E-state index is 10.7. The van der Waals surface area contributed by atoms with Crippen molar-refractivity contribution in [2.24, 2.45) is 5.41 Å². The van der Waals surface area contributed by atoms with Crippen molar-refractivity contribution in [3.8, 4) is 0 Å². The SMILES string of the molecule is C=[C-]C(=O)C(C)(C)C.[Y]. The Balaban J connectivity index is 0. The predicted octanol–water partition coefficient (Wildman–Crippen LogP) is 1.59. The number of carbonyl (C=O) groups excluding carboxylic acids is 1. The van der Waals surface area contributed by atoms with Gasteiger partial charge in [0.15, 0.2) is 0 Å². The molecule has 1 radical (unpaired) electrons. The van der Waals surface area contributed by atoms with Crippen molar-refractivity contribution in [1.82, 2.24) is 0 Å². The fourth-order valence-electron chi connectivity index (χ4n) is 0.265. The number of rotatable bonds is 1. The number of allylic oxidation sites excluding steroid dienone is 1. The summed E-state index contributed by atoms with van der Waals surface area (Å²) in [5.74, 6) is -0.0301. The monoisotopic (exact) mass is 200 g/mol. The van der Waals surface area contributed by atoms with Gasteiger partial charge in [-0.1, -0.05) is 20.8 Å². The minimum Gasteiger partial charge on any atom is -0.434 e. The summed E-state index contributed by atoms with van der Waals surface area (Å²) in [5.41, 5.74) is -0.304. The molecule has 0 amide bonds. The van der Waals surface area contributed by atoms with Crippen molar-refractivity contribution in [2.75, 3.05) is 0 Å². The predicted molar refractivity (Wildman–Crippen MR) is 33.3 cm³/mol. The summed E-state index contributed by atoms with van der Waals surface area (Å²) in [5, 5.41) is 0. The second-order valence-corrected chi connectivity index (χ2v) is 2.76. The van der Waals surface area contributed by atoms with Crippen LogP contribution >= 0.6 is 0 Å². The Morgan fingerprint density at radius 2 is 1.78 bits per heavy atom. The van der Waals surface area contributed by atoms with Crippen LogP contribution in [0.3, 0.4) is 0 Å². The molecule has 0 aromatic carbocycles. The van der Waals surface area contributed by atoms with E-state index in [1.54, 1.807) is 0 Å². The molecular formula is C7H11OY-. The third kappa shape index (κ3) is 4.98. The minimum absolute atomic E-state index is 0. The van der Waals surface area contributed by atoms with Crippen LogP contribution in [0.1, 0.15) is 20.8 Å². The van der Waals surface area contributed by atoms with Gasteiger partial charge in [0.25, 0.3) is 0 Å². The van der Waals surface area contributed by atoms with Gasteiger partial charge in [0.1, 0.15) is 0 Å². The van der Waals surface area contributed by atoms with Crippen LogP contribution in [0.15, 0.2) is 6.58 Å². The number of Topliss-reactive ketones (excluding diaryl/α,β-unsaturated/α-hetero) is 1. The van der Waals surface area contributed by atoms with Gasteiger partial charge in [-0.3, -0.25) is 6.58 Å². The molecular weight excluding hydrogens is 189 g/mol. The van der Waals surface area contributed by atoms with Crippen LogP contribution in [0.2, 0.25) is 0 Å². The summed E-state index contributed by atoms with van der Waals surface area (Å²) in [6, 6.07) is 0. The Hall–Kier alpha value is 0.514. The van der Waals surface area contributed by atoms with Gasteiger partial charge in [-0.05, 0) is 11.2 Å². The van der Waals surface area contributed by atoms with E-state index in [1.165, 1.54) is 0 Å². The van der Waals surface area contributed by atoms with Crippen LogP contribution in [0.4, 0.5) is 0 Å². The molecule has 0 aromatic rings. The van der Waals surface area contributed by atoms with Gasteiger partial charge >= 0.3 is 0 Å². The van der Waals surface area contributed by atoms with E-state index in [2.05, 4.69) is 12.7 Å². The maximum absolute atomic E-state index is 10.7. The first-order chi connectivity index (χ1) is 3.48. The van der Waals surface area contributed by atoms with Gasteiger partial charge in [-0.15, -0.1) is 0 Å². The molecule has 0 spiro atoms. The molecule has 0 fully saturated rings. The van der Waals surface area contributed by atoms with Crippen molar-refractivity contribution in [1.29, 1.82) is 0 Å². The van der Waals surface area contributed by atoms with E-state index in [9.17, 15) is 4.79 Å². The van der Waals surface area contributed by atoms with Crippen LogP contribution in [0.5, 0.6) is 0 Å². The third-order valence-corrected chi connectivity index (χ3v) is 0.842. The van der Waals surface area contributed by atoms with Gasteiger partial charge in [0.05, 0.1) is 0 Å². The normalized spacial score (nSPS) is 9.67. The molecule has 49 valence electrons.